The van der Waals surface area contributed by atoms with Crippen molar-refractivity contribution in [2.24, 2.45) is 0 Å². The summed E-state index contributed by atoms with van der Waals surface area (Å²) in [5.74, 6) is 1.16. The number of ether oxygens (including phenoxy) is 3. The molecule has 1 amide bonds. The lowest BCUT2D eigenvalue weighted by Gasteiger charge is -2.27. The van der Waals surface area contributed by atoms with Crippen molar-refractivity contribution in [1.82, 2.24) is 4.90 Å². The number of alkyl halides is 3. The summed E-state index contributed by atoms with van der Waals surface area (Å²) in [6.45, 7) is 0.0321. The van der Waals surface area contributed by atoms with Crippen LogP contribution in [0.4, 0.5) is 13.2 Å². The second-order valence-corrected chi connectivity index (χ2v) is 6.07. The first-order valence-corrected chi connectivity index (χ1v) is 8.27. The number of hydrogen-bond acceptors (Lipinski definition) is 4. The van der Waals surface area contributed by atoms with Crippen molar-refractivity contribution in [1.29, 1.82) is 0 Å². The molecule has 25 heavy (non-hydrogen) atoms. The van der Waals surface area contributed by atoms with Gasteiger partial charge in [0.25, 0.3) is 0 Å². The number of halogens is 3. The van der Waals surface area contributed by atoms with Crippen LogP contribution in [-0.2, 0) is 9.53 Å². The number of likely N-dealkylation sites (tertiary alicyclic amines) is 1. The highest BCUT2D eigenvalue weighted by Gasteiger charge is 2.31. The number of amides is 1. The van der Waals surface area contributed by atoms with Crippen LogP contribution in [0, 0.1) is 0 Å². The summed E-state index contributed by atoms with van der Waals surface area (Å²) in [7, 11) is 0. The minimum absolute atomic E-state index is 0.0584. The van der Waals surface area contributed by atoms with E-state index < -0.39 is 12.8 Å². The average Bonchev–Trinajstić information content (AvgIpc) is 3.07. The molecule has 0 unspecified atom stereocenters. The predicted molar refractivity (Wildman–Crippen MR) is 82.6 cm³/mol. The molecule has 0 bridgehead atoms. The van der Waals surface area contributed by atoms with E-state index in [2.05, 4.69) is 4.74 Å². The third-order valence-corrected chi connectivity index (χ3v) is 4.25. The van der Waals surface area contributed by atoms with Gasteiger partial charge >= 0.3 is 6.18 Å². The fraction of sp³-hybridized carbons (Fsp3) is 0.588. The number of nitrogens with zero attached hydrogens (tertiary/aromatic N) is 1. The molecule has 0 N–H and O–H groups in total. The van der Waals surface area contributed by atoms with Gasteiger partial charge < -0.3 is 19.1 Å². The molecule has 1 aromatic carbocycles. The van der Waals surface area contributed by atoms with Crippen molar-refractivity contribution in [3.63, 3.8) is 0 Å². The first-order chi connectivity index (χ1) is 11.9. The van der Waals surface area contributed by atoms with Crippen LogP contribution in [0.2, 0.25) is 0 Å². The molecule has 2 heterocycles. The third kappa shape index (κ3) is 4.56. The number of carbonyl (C=O) groups is 1. The van der Waals surface area contributed by atoms with Gasteiger partial charge in [0.15, 0.2) is 11.5 Å². The molecule has 1 atom stereocenters. The maximum atomic E-state index is 12.4. The Balaban J connectivity index is 1.59. The third-order valence-electron chi connectivity index (χ3n) is 4.25. The van der Waals surface area contributed by atoms with Crippen LogP contribution in [0.1, 0.15) is 30.9 Å². The molecular formula is C17H20F3NO4. The van der Waals surface area contributed by atoms with Crippen LogP contribution < -0.4 is 9.47 Å². The molecule has 0 radical (unpaired) electrons. The molecule has 2 aliphatic rings. The van der Waals surface area contributed by atoms with E-state index in [0.717, 1.165) is 18.4 Å². The number of carbonyl (C=O) groups excluding carboxylic acids is 1. The van der Waals surface area contributed by atoms with E-state index in [9.17, 15) is 18.0 Å². The Hall–Kier alpha value is -1.96. The van der Waals surface area contributed by atoms with Gasteiger partial charge in [-0.2, -0.15) is 13.2 Å². The standard InChI is InChI=1S/C17H20F3NO4/c18-17(19,20)11-23-7-5-16(22)21-6-1-2-13(21)12-3-4-14-15(10-12)25-9-8-24-14/h3-4,10,13H,1-2,5-9,11H2/t13-/m1/s1. The molecule has 3 rings (SSSR count). The highest BCUT2D eigenvalue weighted by atomic mass is 19.4. The normalized spacial score (nSPS) is 20.0. The topological polar surface area (TPSA) is 48.0 Å². The van der Waals surface area contributed by atoms with Gasteiger partial charge in [-0.05, 0) is 30.5 Å². The fourth-order valence-corrected chi connectivity index (χ4v) is 3.17. The highest BCUT2D eigenvalue weighted by molar-refractivity contribution is 5.77. The molecular weight excluding hydrogens is 339 g/mol. The van der Waals surface area contributed by atoms with E-state index in [1.807, 2.05) is 18.2 Å². The Kier molecular flexibility index (Phi) is 5.36. The zero-order chi connectivity index (χ0) is 17.9. The molecule has 1 fully saturated rings. The lowest BCUT2D eigenvalue weighted by molar-refractivity contribution is -0.175. The summed E-state index contributed by atoms with van der Waals surface area (Å²) in [6.07, 6.45) is -2.76. The number of benzene rings is 1. The summed E-state index contributed by atoms with van der Waals surface area (Å²) in [5.41, 5.74) is 0.950. The maximum absolute atomic E-state index is 12.4. The minimum Gasteiger partial charge on any atom is -0.486 e. The molecule has 0 saturated carbocycles. The van der Waals surface area contributed by atoms with Gasteiger partial charge in [-0.25, -0.2) is 0 Å². The summed E-state index contributed by atoms with van der Waals surface area (Å²) in [4.78, 5) is 14.1. The molecule has 0 aromatic heterocycles. The second kappa shape index (κ2) is 7.51. The lowest BCUT2D eigenvalue weighted by Crippen LogP contribution is -2.31. The van der Waals surface area contributed by atoms with Crippen molar-refractivity contribution in [3.05, 3.63) is 23.8 Å². The maximum Gasteiger partial charge on any atom is 0.411 e. The van der Waals surface area contributed by atoms with Crippen molar-refractivity contribution < 1.29 is 32.2 Å². The monoisotopic (exact) mass is 359 g/mol. The molecule has 0 aliphatic carbocycles. The number of rotatable bonds is 5. The zero-order valence-electron chi connectivity index (χ0n) is 13.7. The van der Waals surface area contributed by atoms with E-state index in [-0.39, 0.29) is 25.0 Å². The van der Waals surface area contributed by atoms with Gasteiger partial charge in [0.1, 0.15) is 19.8 Å². The molecule has 0 spiro atoms. The van der Waals surface area contributed by atoms with Crippen LogP contribution in [-0.4, -0.2) is 50.0 Å². The van der Waals surface area contributed by atoms with Crippen molar-refractivity contribution >= 4 is 5.91 Å². The predicted octanol–water partition coefficient (Wildman–Crippen LogP) is 3.09. The highest BCUT2D eigenvalue weighted by Crippen LogP contribution is 2.38. The van der Waals surface area contributed by atoms with E-state index in [1.54, 1.807) is 4.90 Å². The largest absolute Gasteiger partial charge is 0.486 e. The van der Waals surface area contributed by atoms with Crippen molar-refractivity contribution in [2.45, 2.75) is 31.5 Å². The zero-order valence-corrected chi connectivity index (χ0v) is 13.7. The Morgan fingerprint density at radius 2 is 2.00 bits per heavy atom. The number of fused-ring (bicyclic) bond motifs is 1. The van der Waals surface area contributed by atoms with Crippen LogP contribution in [0.3, 0.4) is 0 Å². The van der Waals surface area contributed by atoms with Crippen LogP contribution >= 0.6 is 0 Å². The average molecular weight is 359 g/mol. The molecule has 2 aliphatic heterocycles. The first-order valence-electron chi connectivity index (χ1n) is 8.27. The van der Waals surface area contributed by atoms with Crippen molar-refractivity contribution in [3.8, 4) is 11.5 Å². The van der Waals surface area contributed by atoms with Crippen molar-refractivity contribution in [2.75, 3.05) is 33.0 Å². The smallest absolute Gasteiger partial charge is 0.411 e. The molecule has 1 aromatic rings. The SMILES string of the molecule is O=C(CCOCC(F)(F)F)N1CCC[C@@H]1c1ccc2c(c1)OCCO2. The van der Waals surface area contributed by atoms with E-state index in [1.165, 1.54) is 0 Å². The minimum atomic E-state index is -4.37. The second-order valence-electron chi connectivity index (χ2n) is 6.07. The molecule has 138 valence electrons. The van der Waals surface area contributed by atoms with E-state index in [0.29, 0.717) is 31.3 Å². The van der Waals surface area contributed by atoms with Crippen LogP contribution in [0.25, 0.3) is 0 Å². The van der Waals surface area contributed by atoms with Gasteiger partial charge in [-0.3, -0.25) is 4.79 Å². The number of hydrogen-bond donors (Lipinski definition) is 0. The Labute approximate surface area is 143 Å². The summed E-state index contributed by atoms with van der Waals surface area (Å²) < 4.78 is 51.8. The molecule has 1 saturated heterocycles. The fourth-order valence-electron chi connectivity index (χ4n) is 3.17. The summed E-state index contributed by atoms with van der Waals surface area (Å²) >= 11 is 0. The van der Waals surface area contributed by atoms with Crippen LogP contribution in [0.15, 0.2) is 18.2 Å². The quantitative estimate of drug-likeness (QED) is 0.758. The Morgan fingerprint density at radius 1 is 1.24 bits per heavy atom. The van der Waals surface area contributed by atoms with E-state index in [4.69, 9.17) is 9.47 Å². The lowest BCUT2D eigenvalue weighted by atomic mass is 10.0. The summed E-state index contributed by atoms with van der Waals surface area (Å²) in [5, 5.41) is 0. The van der Waals surface area contributed by atoms with Gasteiger partial charge in [0, 0.05) is 6.54 Å². The van der Waals surface area contributed by atoms with Gasteiger partial charge in [0.2, 0.25) is 5.91 Å². The first kappa shape index (κ1) is 17.8. The van der Waals surface area contributed by atoms with Gasteiger partial charge in [0.05, 0.1) is 19.1 Å². The molecule has 5 nitrogen and oxygen atoms in total. The van der Waals surface area contributed by atoms with Gasteiger partial charge in [-0.1, -0.05) is 6.07 Å². The van der Waals surface area contributed by atoms with Gasteiger partial charge in [-0.15, -0.1) is 0 Å². The Bertz CT molecular complexity index is 620. The van der Waals surface area contributed by atoms with Crippen LogP contribution in [0.5, 0.6) is 11.5 Å². The van der Waals surface area contributed by atoms with E-state index >= 15 is 0 Å². The Morgan fingerprint density at radius 3 is 2.76 bits per heavy atom. The molecule has 8 heteroatoms. The summed E-state index contributed by atoms with van der Waals surface area (Å²) in [6, 6.07) is 5.53.